The smallest absolute Gasteiger partial charge is 0.102 e. The highest BCUT2D eigenvalue weighted by molar-refractivity contribution is 7.80. The van der Waals surface area contributed by atoms with Gasteiger partial charge in [-0.05, 0) is 5.92 Å². The number of hydrogen-bond acceptors (Lipinski definition) is 2. The van der Waals surface area contributed by atoms with E-state index in [1.165, 1.54) is 0 Å². The van der Waals surface area contributed by atoms with E-state index in [-0.39, 0.29) is 6.67 Å². The van der Waals surface area contributed by atoms with Crippen molar-refractivity contribution in [1.82, 2.24) is 4.90 Å². The van der Waals surface area contributed by atoms with E-state index < -0.39 is 0 Å². The van der Waals surface area contributed by atoms with E-state index in [1.807, 2.05) is 0 Å². The lowest BCUT2D eigenvalue weighted by molar-refractivity contribution is 0.229. The van der Waals surface area contributed by atoms with Gasteiger partial charge in [0.15, 0.2) is 0 Å². The van der Waals surface area contributed by atoms with Crippen LogP contribution in [0.3, 0.4) is 0 Å². The number of nitrogens with zero attached hydrogens (tertiary/aromatic N) is 1. The van der Waals surface area contributed by atoms with Gasteiger partial charge in [-0.25, -0.2) is 4.39 Å². The molecular formula is C9H19FN2S. The predicted octanol–water partition coefficient (Wildman–Crippen LogP) is 1.59. The van der Waals surface area contributed by atoms with Crippen molar-refractivity contribution in [3.8, 4) is 0 Å². The van der Waals surface area contributed by atoms with E-state index in [0.29, 0.717) is 23.9 Å². The summed E-state index contributed by atoms with van der Waals surface area (Å²) in [4.78, 5) is 2.57. The van der Waals surface area contributed by atoms with Gasteiger partial charge in [0.2, 0.25) is 0 Å². The first-order valence-electron chi connectivity index (χ1n) is 4.63. The van der Waals surface area contributed by atoms with Crippen molar-refractivity contribution in [1.29, 1.82) is 0 Å². The minimum atomic E-state index is -0.302. The van der Waals surface area contributed by atoms with Gasteiger partial charge in [-0.1, -0.05) is 26.1 Å². The Bertz CT molecular complexity index is 151. The second-order valence-electron chi connectivity index (χ2n) is 3.60. The van der Waals surface area contributed by atoms with Crippen molar-refractivity contribution in [2.75, 3.05) is 26.3 Å². The van der Waals surface area contributed by atoms with E-state index in [2.05, 4.69) is 18.7 Å². The van der Waals surface area contributed by atoms with Crippen LogP contribution in [0.25, 0.3) is 0 Å². The van der Waals surface area contributed by atoms with Crippen molar-refractivity contribution in [2.24, 2.45) is 11.7 Å². The molecule has 0 aromatic heterocycles. The van der Waals surface area contributed by atoms with Crippen LogP contribution in [0.2, 0.25) is 0 Å². The normalized spacial score (nSPS) is 11.2. The summed E-state index contributed by atoms with van der Waals surface area (Å²) in [5, 5.41) is 0. The Kier molecular flexibility index (Phi) is 7.09. The molecule has 0 aliphatic heterocycles. The highest BCUT2D eigenvalue weighted by Gasteiger charge is 2.06. The van der Waals surface area contributed by atoms with Crippen LogP contribution in [0.4, 0.5) is 4.39 Å². The van der Waals surface area contributed by atoms with E-state index in [9.17, 15) is 4.39 Å². The van der Waals surface area contributed by atoms with Crippen LogP contribution >= 0.6 is 12.2 Å². The van der Waals surface area contributed by atoms with Gasteiger partial charge in [0.05, 0.1) is 4.99 Å². The molecule has 0 unspecified atom stereocenters. The summed E-state index contributed by atoms with van der Waals surface area (Å²) < 4.78 is 12.1. The second-order valence-corrected chi connectivity index (χ2v) is 4.12. The van der Waals surface area contributed by atoms with Gasteiger partial charge < -0.3 is 10.6 Å². The third kappa shape index (κ3) is 8.12. The average molecular weight is 206 g/mol. The zero-order valence-electron chi connectivity index (χ0n) is 8.42. The zero-order valence-corrected chi connectivity index (χ0v) is 9.24. The minimum Gasteiger partial charge on any atom is -0.393 e. The first-order chi connectivity index (χ1) is 6.06. The third-order valence-electron chi connectivity index (χ3n) is 1.70. The molecule has 0 saturated heterocycles. The molecule has 13 heavy (non-hydrogen) atoms. The maximum absolute atomic E-state index is 12.1. The summed E-state index contributed by atoms with van der Waals surface area (Å²) in [6, 6.07) is 0. The minimum absolute atomic E-state index is 0.302. The quantitative estimate of drug-likeness (QED) is 0.641. The Morgan fingerprint density at radius 1 is 1.46 bits per heavy atom. The number of thiocarbonyl (C=S) groups is 1. The highest BCUT2D eigenvalue weighted by atomic mass is 32.1. The fourth-order valence-corrected chi connectivity index (χ4v) is 1.29. The van der Waals surface area contributed by atoms with Gasteiger partial charge >= 0.3 is 0 Å². The molecule has 0 atom stereocenters. The summed E-state index contributed by atoms with van der Waals surface area (Å²) >= 11 is 4.77. The first kappa shape index (κ1) is 12.8. The second kappa shape index (κ2) is 7.21. The predicted molar refractivity (Wildman–Crippen MR) is 58.7 cm³/mol. The molecule has 2 N–H and O–H groups in total. The van der Waals surface area contributed by atoms with Crippen molar-refractivity contribution >= 4 is 17.2 Å². The number of halogens is 1. The molecule has 0 aliphatic carbocycles. The van der Waals surface area contributed by atoms with Gasteiger partial charge in [-0.3, -0.25) is 0 Å². The largest absolute Gasteiger partial charge is 0.393 e. The molecule has 78 valence electrons. The maximum Gasteiger partial charge on any atom is 0.102 e. The Morgan fingerprint density at radius 2 is 2.08 bits per heavy atom. The van der Waals surface area contributed by atoms with Crippen molar-refractivity contribution in [2.45, 2.75) is 20.3 Å². The molecule has 0 aliphatic rings. The van der Waals surface area contributed by atoms with E-state index in [4.69, 9.17) is 18.0 Å². The lowest BCUT2D eigenvalue weighted by Crippen LogP contribution is -2.32. The Morgan fingerprint density at radius 3 is 2.46 bits per heavy atom. The number of nitrogens with two attached hydrogens (primary N) is 1. The maximum atomic E-state index is 12.1. The first-order valence-corrected chi connectivity index (χ1v) is 5.03. The average Bonchev–Trinajstić information content (AvgIpc) is 1.99. The Labute approximate surface area is 85.3 Å². The van der Waals surface area contributed by atoms with Crippen molar-refractivity contribution in [3.63, 3.8) is 0 Å². The van der Waals surface area contributed by atoms with Gasteiger partial charge in [-0.2, -0.15) is 0 Å². The lowest BCUT2D eigenvalue weighted by Gasteiger charge is -2.22. The van der Waals surface area contributed by atoms with Crippen LogP contribution in [0.1, 0.15) is 20.3 Å². The summed E-state index contributed by atoms with van der Waals surface area (Å²) in [6.07, 6.45) is 0.683. The summed E-state index contributed by atoms with van der Waals surface area (Å²) in [5.74, 6) is 0.554. The molecular weight excluding hydrogens is 187 g/mol. The van der Waals surface area contributed by atoms with Crippen molar-refractivity contribution in [3.05, 3.63) is 0 Å². The van der Waals surface area contributed by atoms with Gasteiger partial charge in [0.1, 0.15) is 6.67 Å². The van der Waals surface area contributed by atoms with E-state index in [1.54, 1.807) is 0 Å². The molecule has 0 fully saturated rings. The molecule has 0 spiro atoms. The summed E-state index contributed by atoms with van der Waals surface area (Å²) in [7, 11) is 0. The zero-order chi connectivity index (χ0) is 10.3. The van der Waals surface area contributed by atoms with Crippen molar-refractivity contribution < 1.29 is 4.39 Å². The fourth-order valence-electron chi connectivity index (χ4n) is 1.20. The summed E-state index contributed by atoms with van der Waals surface area (Å²) in [6.45, 7) is 6.10. The lowest BCUT2D eigenvalue weighted by atomic mass is 10.2. The molecule has 0 amide bonds. The molecule has 0 radical (unpaired) electrons. The summed E-state index contributed by atoms with van der Waals surface area (Å²) in [5.41, 5.74) is 5.38. The van der Waals surface area contributed by atoms with Crippen LogP contribution < -0.4 is 5.73 Å². The number of alkyl halides is 1. The molecule has 0 aromatic rings. The standard InChI is InChI=1S/C9H19FN2S/c1-8(2)7-12(6-4-10)5-3-9(11)13/h8H,3-7H2,1-2H3,(H2,11,13). The Hall–Kier alpha value is -0.220. The van der Waals surface area contributed by atoms with Gasteiger partial charge in [-0.15, -0.1) is 0 Å². The number of rotatable bonds is 7. The monoisotopic (exact) mass is 206 g/mol. The topological polar surface area (TPSA) is 29.3 Å². The van der Waals surface area contributed by atoms with E-state index >= 15 is 0 Å². The molecule has 0 rings (SSSR count). The highest BCUT2D eigenvalue weighted by Crippen LogP contribution is 1.99. The molecule has 2 nitrogen and oxygen atoms in total. The SMILES string of the molecule is CC(C)CN(CCF)CCC(N)=S. The molecule has 4 heteroatoms. The van der Waals surface area contributed by atoms with Crippen LogP contribution in [-0.4, -0.2) is 36.2 Å². The Balaban J connectivity index is 3.72. The van der Waals surface area contributed by atoms with Gasteiger partial charge in [0, 0.05) is 26.1 Å². The van der Waals surface area contributed by atoms with E-state index in [0.717, 1.165) is 13.1 Å². The molecule has 0 saturated carbocycles. The third-order valence-corrected chi connectivity index (χ3v) is 1.90. The fraction of sp³-hybridized carbons (Fsp3) is 0.889. The molecule has 0 bridgehead atoms. The number of hydrogen-bond donors (Lipinski definition) is 1. The van der Waals surface area contributed by atoms with Crippen LogP contribution in [0.15, 0.2) is 0 Å². The van der Waals surface area contributed by atoms with Crippen LogP contribution in [0, 0.1) is 5.92 Å². The van der Waals surface area contributed by atoms with Crippen LogP contribution in [-0.2, 0) is 0 Å². The van der Waals surface area contributed by atoms with Crippen LogP contribution in [0.5, 0.6) is 0 Å². The molecule has 0 heterocycles. The molecule has 0 aromatic carbocycles. The van der Waals surface area contributed by atoms with Gasteiger partial charge in [0.25, 0.3) is 0 Å².